The number of amides is 2. The lowest BCUT2D eigenvalue weighted by molar-refractivity contribution is -0.120. The predicted molar refractivity (Wildman–Crippen MR) is 103 cm³/mol. The molecule has 0 radical (unpaired) electrons. The quantitative estimate of drug-likeness (QED) is 0.867. The Morgan fingerprint density at radius 2 is 1.85 bits per heavy atom. The summed E-state index contributed by atoms with van der Waals surface area (Å²) >= 11 is 0. The van der Waals surface area contributed by atoms with E-state index in [0.717, 1.165) is 22.5 Å². The maximum atomic E-state index is 12.9. The normalized spacial score (nSPS) is 18.7. The number of carbonyl (C=O) groups is 2. The third-order valence-electron chi connectivity index (χ3n) is 4.89. The average Bonchev–Trinajstić information content (AvgIpc) is 3.16. The van der Waals surface area contributed by atoms with Gasteiger partial charge in [-0.1, -0.05) is 54.6 Å². The number of ketones is 1. The highest BCUT2D eigenvalue weighted by atomic mass is 16.2. The number of carbonyl (C=O) groups excluding carboxylic acids is 2. The minimum Gasteiger partial charge on any atom is -0.307 e. The van der Waals surface area contributed by atoms with Crippen LogP contribution < -0.4 is 10.2 Å². The number of anilines is 2. The average molecular weight is 344 g/mol. The first kappa shape index (κ1) is 16.3. The highest BCUT2D eigenvalue weighted by Gasteiger charge is 2.35. The second-order valence-corrected chi connectivity index (χ2v) is 6.71. The Hall–Kier alpha value is -3.14. The molecule has 2 aromatic rings. The van der Waals surface area contributed by atoms with E-state index in [4.69, 9.17) is 0 Å². The molecule has 4 heteroatoms. The largest absolute Gasteiger partial charge is 0.326 e. The molecular formula is C22H20N2O2. The maximum absolute atomic E-state index is 12.9. The van der Waals surface area contributed by atoms with Crippen LogP contribution in [0, 0.1) is 12.8 Å². The Morgan fingerprint density at radius 3 is 2.62 bits per heavy atom. The summed E-state index contributed by atoms with van der Waals surface area (Å²) in [6.07, 6.45) is 7.85. The van der Waals surface area contributed by atoms with Gasteiger partial charge in [0.1, 0.15) is 5.78 Å². The van der Waals surface area contributed by atoms with Crippen LogP contribution in [0.25, 0.3) is 0 Å². The molecule has 0 aromatic heterocycles. The third kappa shape index (κ3) is 2.94. The number of nitrogens with one attached hydrogen (secondary N) is 1. The fourth-order valence-corrected chi connectivity index (χ4v) is 3.61. The number of nitrogens with zero attached hydrogens (tertiary/aromatic N) is 1. The van der Waals surface area contributed by atoms with E-state index in [1.807, 2.05) is 79.8 Å². The molecule has 0 unspecified atom stereocenters. The Bertz CT molecular complexity index is 917. The van der Waals surface area contributed by atoms with E-state index in [2.05, 4.69) is 5.32 Å². The standard InChI is InChI=1S/C22H20N2O2/c1-15-7-6-10-17(13-15)24-20(14-21(25)16-8-2-3-9-16)18-11-4-5-12-19(18)23-22(24)26/h2-13,16,20H,14H2,1H3,(H,23,26)/t20-/m0/s1. The number of urea groups is 1. The molecule has 2 amide bonds. The van der Waals surface area contributed by atoms with E-state index in [1.165, 1.54) is 0 Å². The topological polar surface area (TPSA) is 49.4 Å². The number of para-hydroxylation sites is 1. The predicted octanol–water partition coefficient (Wildman–Crippen LogP) is 4.79. The molecule has 0 saturated carbocycles. The van der Waals surface area contributed by atoms with Crippen LogP contribution in [0.3, 0.4) is 0 Å². The molecule has 1 aliphatic heterocycles. The fraction of sp³-hybridized carbons (Fsp3) is 0.182. The van der Waals surface area contributed by atoms with Gasteiger partial charge in [-0.25, -0.2) is 4.79 Å². The number of allylic oxidation sites excluding steroid dienone is 4. The first-order valence-electron chi connectivity index (χ1n) is 8.77. The minimum atomic E-state index is -0.323. The second kappa shape index (κ2) is 6.64. The van der Waals surface area contributed by atoms with Gasteiger partial charge in [-0.3, -0.25) is 9.69 Å². The van der Waals surface area contributed by atoms with Crippen molar-refractivity contribution in [2.24, 2.45) is 5.92 Å². The van der Waals surface area contributed by atoms with Crippen molar-refractivity contribution in [1.29, 1.82) is 0 Å². The molecule has 0 fully saturated rings. The van der Waals surface area contributed by atoms with Crippen LogP contribution in [0.15, 0.2) is 72.8 Å². The highest BCUT2D eigenvalue weighted by Crippen LogP contribution is 2.39. The number of benzene rings is 2. The summed E-state index contributed by atoms with van der Waals surface area (Å²) in [7, 11) is 0. The lowest BCUT2D eigenvalue weighted by Crippen LogP contribution is -2.43. The number of Topliss-reactive ketones (excluding diaryl/α,β-unsaturated/α-hetero) is 1. The van der Waals surface area contributed by atoms with Gasteiger partial charge in [0.25, 0.3) is 0 Å². The van der Waals surface area contributed by atoms with Crippen molar-refractivity contribution in [3.63, 3.8) is 0 Å². The summed E-state index contributed by atoms with van der Waals surface area (Å²) in [5.74, 6) is -0.0892. The van der Waals surface area contributed by atoms with Crippen LogP contribution in [0.5, 0.6) is 0 Å². The summed E-state index contributed by atoms with van der Waals surface area (Å²) in [6, 6.07) is 15.0. The first-order valence-corrected chi connectivity index (χ1v) is 8.77. The van der Waals surface area contributed by atoms with Crippen LogP contribution in [0.4, 0.5) is 16.2 Å². The van der Waals surface area contributed by atoms with Crippen LogP contribution >= 0.6 is 0 Å². The summed E-state index contributed by atoms with van der Waals surface area (Å²) in [6.45, 7) is 1.99. The SMILES string of the molecule is Cc1cccc(N2C(=O)Nc3ccccc3[C@@H]2CC(=O)C2C=CC=C2)c1. The van der Waals surface area contributed by atoms with E-state index in [9.17, 15) is 9.59 Å². The lowest BCUT2D eigenvalue weighted by atomic mass is 9.91. The zero-order chi connectivity index (χ0) is 18.1. The summed E-state index contributed by atoms with van der Waals surface area (Å²) in [5, 5.41) is 2.95. The van der Waals surface area contributed by atoms with Gasteiger partial charge in [0.15, 0.2) is 0 Å². The van der Waals surface area contributed by atoms with Crippen molar-refractivity contribution in [1.82, 2.24) is 0 Å². The van der Waals surface area contributed by atoms with Gasteiger partial charge in [0, 0.05) is 17.8 Å². The zero-order valence-corrected chi connectivity index (χ0v) is 14.6. The molecule has 1 aliphatic carbocycles. The molecule has 26 heavy (non-hydrogen) atoms. The van der Waals surface area contributed by atoms with Crippen LogP contribution in [0.1, 0.15) is 23.6 Å². The zero-order valence-electron chi connectivity index (χ0n) is 14.6. The van der Waals surface area contributed by atoms with Crippen LogP contribution in [-0.4, -0.2) is 11.8 Å². The minimum absolute atomic E-state index is 0.113. The van der Waals surface area contributed by atoms with Crippen LogP contribution in [0.2, 0.25) is 0 Å². The fourth-order valence-electron chi connectivity index (χ4n) is 3.61. The van der Waals surface area contributed by atoms with Crippen molar-refractivity contribution in [2.45, 2.75) is 19.4 Å². The first-order chi connectivity index (χ1) is 12.6. The molecule has 4 rings (SSSR count). The summed E-state index contributed by atoms with van der Waals surface area (Å²) in [5.41, 5.74) is 3.61. The smallest absolute Gasteiger partial charge is 0.307 e. The highest BCUT2D eigenvalue weighted by molar-refractivity contribution is 6.06. The molecule has 0 saturated heterocycles. The van der Waals surface area contributed by atoms with Gasteiger partial charge >= 0.3 is 6.03 Å². The maximum Gasteiger partial charge on any atom is 0.326 e. The molecule has 0 bridgehead atoms. The molecule has 2 aromatic carbocycles. The molecule has 2 aliphatic rings. The van der Waals surface area contributed by atoms with Crippen molar-refractivity contribution >= 4 is 23.2 Å². The molecule has 1 atom stereocenters. The van der Waals surface area contributed by atoms with Gasteiger partial charge in [-0.15, -0.1) is 0 Å². The Labute approximate surface area is 152 Å². The monoisotopic (exact) mass is 344 g/mol. The van der Waals surface area contributed by atoms with Crippen LogP contribution in [-0.2, 0) is 4.79 Å². The number of aryl methyl sites for hydroxylation is 1. The Morgan fingerprint density at radius 1 is 1.08 bits per heavy atom. The van der Waals surface area contributed by atoms with E-state index in [-0.39, 0.29) is 30.2 Å². The molecule has 1 heterocycles. The van der Waals surface area contributed by atoms with Crippen molar-refractivity contribution in [2.75, 3.05) is 10.2 Å². The van der Waals surface area contributed by atoms with Crippen molar-refractivity contribution < 1.29 is 9.59 Å². The molecule has 130 valence electrons. The van der Waals surface area contributed by atoms with E-state index >= 15 is 0 Å². The molecule has 1 N–H and O–H groups in total. The number of hydrogen-bond donors (Lipinski definition) is 1. The van der Waals surface area contributed by atoms with E-state index in [0.29, 0.717) is 0 Å². The molecule has 0 spiro atoms. The Kier molecular flexibility index (Phi) is 4.17. The van der Waals surface area contributed by atoms with Gasteiger partial charge in [0.2, 0.25) is 0 Å². The number of fused-ring (bicyclic) bond motifs is 1. The van der Waals surface area contributed by atoms with Gasteiger partial charge in [-0.2, -0.15) is 0 Å². The summed E-state index contributed by atoms with van der Waals surface area (Å²) < 4.78 is 0. The van der Waals surface area contributed by atoms with Crippen molar-refractivity contribution in [3.8, 4) is 0 Å². The van der Waals surface area contributed by atoms with E-state index in [1.54, 1.807) is 4.90 Å². The number of hydrogen-bond acceptors (Lipinski definition) is 2. The Balaban J connectivity index is 1.75. The second-order valence-electron chi connectivity index (χ2n) is 6.71. The molecule has 4 nitrogen and oxygen atoms in total. The lowest BCUT2D eigenvalue weighted by Gasteiger charge is -2.37. The van der Waals surface area contributed by atoms with Gasteiger partial charge in [-0.05, 0) is 36.2 Å². The van der Waals surface area contributed by atoms with Gasteiger partial charge < -0.3 is 5.32 Å². The number of rotatable bonds is 4. The van der Waals surface area contributed by atoms with E-state index < -0.39 is 0 Å². The summed E-state index contributed by atoms with van der Waals surface area (Å²) in [4.78, 5) is 27.4. The molecular weight excluding hydrogens is 324 g/mol. The van der Waals surface area contributed by atoms with Crippen molar-refractivity contribution in [3.05, 3.63) is 84.0 Å². The van der Waals surface area contributed by atoms with Gasteiger partial charge in [0.05, 0.1) is 12.0 Å². The third-order valence-corrected chi connectivity index (χ3v) is 4.89.